The van der Waals surface area contributed by atoms with E-state index in [4.69, 9.17) is 0 Å². The van der Waals surface area contributed by atoms with E-state index in [1.807, 2.05) is 12.1 Å². The van der Waals surface area contributed by atoms with Gasteiger partial charge in [-0.3, -0.25) is 0 Å². The maximum atomic E-state index is 13.6. The molecular formula is C20H25FN4O. The Morgan fingerprint density at radius 3 is 2.62 bits per heavy atom. The SMILES string of the molecule is O=C(NCCc1ccccc1F)NCc1cccnc1N1CCCCC1. The molecule has 6 heteroatoms. The van der Waals surface area contributed by atoms with Crippen molar-refractivity contribution in [1.29, 1.82) is 0 Å². The van der Waals surface area contributed by atoms with Gasteiger partial charge in [-0.05, 0) is 43.4 Å². The summed E-state index contributed by atoms with van der Waals surface area (Å²) in [6.07, 6.45) is 5.88. The Labute approximate surface area is 153 Å². The quantitative estimate of drug-likeness (QED) is 0.835. The van der Waals surface area contributed by atoms with Crippen molar-refractivity contribution in [3.63, 3.8) is 0 Å². The number of piperidine rings is 1. The fraction of sp³-hybridized carbons (Fsp3) is 0.400. The molecule has 0 saturated carbocycles. The lowest BCUT2D eigenvalue weighted by molar-refractivity contribution is 0.240. The van der Waals surface area contributed by atoms with Gasteiger partial charge < -0.3 is 15.5 Å². The Morgan fingerprint density at radius 2 is 1.81 bits per heavy atom. The van der Waals surface area contributed by atoms with Crippen molar-refractivity contribution < 1.29 is 9.18 Å². The third-order valence-electron chi connectivity index (χ3n) is 4.60. The zero-order valence-corrected chi connectivity index (χ0v) is 14.9. The van der Waals surface area contributed by atoms with Crippen LogP contribution in [0, 0.1) is 5.82 Å². The first-order valence-corrected chi connectivity index (χ1v) is 9.18. The Bertz CT molecular complexity index is 731. The number of benzene rings is 1. The van der Waals surface area contributed by atoms with Gasteiger partial charge in [-0.1, -0.05) is 24.3 Å². The number of nitrogens with one attached hydrogen (secondary N) is 2. The second-order valence-corrected chi connectivity index (χ2v) is 6.48. The van der Waals surface area contributed by atoms with Gasteiger partial charge in [0.25, 0.3) is 0 Å². The molecule has 1 aromatic heterocycles. The third-order valence-corrected chi connectivity index (χ3v) is 4.60. The summed E-state index contributed by atoms with van der Waals surface area (Å²) in [7, 11) is 0. The van der Waals surface area contributed by atoms with Crippen LogP contribution < -0.4 is 15.5 Å². The zero-order valence-electron chi connectivity index (χ0n) is 14.9. The molecule has 3 rings (SSSR count). The van der Waals surface area contributed by atoms with Crippen molar-refractivity contribution in [2.24, 2.45) is 0 Å². The predicted molar refractivity (Wildman–Crippen MR) is 101 cm³/mol. The molecule has 0 unspecified atom stereocenters. The van der Waals surface area contributed by atoms with Crippen LogP contribution in [0.5, 0.6) is 0 Å². The summed E-state index contributed by atoms with van der Waals surface area (Å²) in [5, 5.41) is 5.65. The van der Waals surface area contributed by atoms with E-state index < -0.39 is 0 Å². The lowest BCUT2D eigenvalue weighted by Crippen LogP contribution is -2.37. The molecule has 0 aliphatic carbocycles. The van der Waals surface area contributed by atoms with Crippen molar-refractivity contribution in [2.75, 3.05) is 24.5 Å². The van der Waals surface area contributed by atoms with Gasteiger partial charge in [0.05, 0.1) is 0 Å². The molecule has 5 nitrogen and oxygen atoms in total. The minimum absolute atomic E-state index is 0.240. The van der Waals surface area contributed by atoms with E-state index in [2.05, 4.69) is 20.5 Å². The minimum Gasteiger partial charge on any atom is -0.356 e. The molecule has 138 valence electrons. The van der Waals surface area contributed by atoms with E-state index in [1.54, 1.807) is 24.4 Å². The first-order valence-electron chi connectivity index (χ1n) is 9.18. The molecule has 1 aliphatic rings. The second kappa shape index (κ2) is 9.17. The largest absolute Gasteiger partial charge is 0.356 e. The van der Waals surface area contributed by atoms with Gasteiger partial charge in [0, 0.05) is 37.9 Å². The summed E-state index contributed by atoms with van der Waals surface area (Å²) in [4.78, 5) is 18.8. The molecule has 1 saturated heterocycles. The maximum absolute atomic E-state index is 13.6. The number of halogens is 1. The number of carbonyl (C=O) groups excluding carboxylic acids is 1. The van der Waals surface area contributed by atoms with Gasteiger partial charge in [-0.2, -0.15) is 0 Å². The summed E-state index contributed by atoms with van der Waals surface area (Å²) in [5.41, 5.74) is 1.62. The number of carbonyl (C=O) groups is 1. The van der Waals surface area contributed by atoms with E-state index in [1.165, 1.54) is 25.3 Å². The van der Waals surface area contributed by atoms with Crippen LogP contribution in [-0.2, 0) is 13.0 Å². The third kappa shape index (κ3) is 4.94. The summed E-state index contributed by atoms with van der Waals surface area (Å²) < 4.78 is 13.6. The number of amides is 2. The average molecular weight is 356 g/mol. The van der Waals surface area contributed by atoms with E-state index in [0.29, 0.717) is 25.1 Å². The van der Waals surface area contributed by atoms with Crippen LogP contribution in [0.2, 0.25) is 0 Å². The number of hydrogen-bond donors (Lipinski definition) is 2. The van der Waals surface area contributed by atoms with Gasteiger partial charge in [-0.15, -0.1) is 0 Å². The number of rotatable bonds is 6. The maximum Gasteiger partial charge on any atom is 0.315 e. The van der Waals surface area contributed by atoms with Gasteiger partial charge in [0.15, 0.2) is 0 Å². The van der Waals surface area contributed by atoms with Gasteiger partial charge in [-0.25, -0.2) is 14.2 Å². The number of aromatic nitrogens is 1. The zero-order chi connectivity index (χ0) is 18.2. The smallest absolute Gasteiger partial charge is 0.315 e. The van der Waals surface area contributed by atoms with Crippen molar-refractivity contribution in [3.05, 3.63) is 59.5 Å². The van der Waals surface area contributed by atoms with Crippen molar-refractivity contribution in [1.82, 2.24) is 15.6 Å². The highest BCUT2D eigenvalue weighted by atomic mass is 19.1. The number of nitrogens with zero attached hydrogens (tertiary/aromatic N) is 2. The molecule has 0 spiro atoms. The monoisotopic (exact) mass is 356 g/mol. The van der Waals surface area contributed by atoms with Crippen LogP contribution in [0.4, 0.5) is 15.0 Å². The Kier molecular flexibility index (Phi) is 6.41. The fourth-order valence-electron chi connectivity index (χ4n) is 3.21. The molecule has 0 atom stereocenters. The summed E-state index contributed by atoms with van der Waals surface area (Å²) in [5.74, 6) is 0.718. The van der Waals surface area contributed by atoms with Crippen LogP contribution in [-0.4, -0.2) is 30.6 Å². The molecule has 1 aromatic carbocycles. The van der Waals surface area contributed by atoms with E-state index in [-0.39, 0.29) is 11.8 Å². The highest BCUT2D eigenvalue weighted by Crippen LogP contribution is 2.21. The van der Waals surface area contributed by atoms with E-state index >= 15 is 0 Å². The first-order chi connectivity index (χ1) is 12.7. The number of pyridine rings is 1. The summed E-state index contributed by atoms with van der Waals surface area (Å²) in [6, 6.07) is 10.2. The van der Waals surface area contributed by atoms with Crippen LogP contribution in [0.15, 0.2) is 42.6 Å². The Morgan fingerprint density at radius 1 is 1.04 bits per heavy atom. The number of urea groups is 1. The first kappa shape index (κ1) is 18.2. The molecule has 0 radical (unpaired) electrons. The van der Waals surface area contributed by atoms with Gasteiger partial charge >= 0.3 is 6.03 Å². The highest BCUT2D eigenvalue weighted by molar-refractivity contribution is 5.74. The minimum atomic E-state index is -0.255. The molecule has 26 heavy (non-hydrogen) atoms. The fourth-order valence-corrected chi connectivity index (χ4v) is 3.21. The molecule has 2 N–H and O–H groups in total. The van der Waals surface area contributed by atoms with Crippen molar-refractivity contribution >= 4 is 11.8 Å². The molecular weight excluding hydrogens is 331 g/mol. The average Bonchev–Trinajstić information content (AvgIpc) is 2.69. The van der Waals surface area contributed by atoms with Crippen LogP contribution >= 0.6 is 0 Å². The molecule has 2 aromatic rings. The highest BCUT2D eigenvalue weighted by Gasteiger charge is 2.15. The Balaban J connectivity index is 1.48. The Hall–Kier alpha value is -2.63. The predicted octanol–water partition coefficient (Wildman–Crippen LogP) is 3.25. The van der Waals surface area contributed by atoms with E-state index in [9.17, 15) is 9.18 Å². The van der Waals surface area contributed by atoms with Gasteiger partial charge in [0.1, 0.15) is 11.6 Å². The molecule has 2 amide bonds. The van der Waals surface area contributed by atoms with Crippen molar-refractivity contribution in [2.45, 2.75) is 32.2 Å². The van der Waals surface area contributed by atoms with Crippen LogP contribution in [0.25, 0.3) is 0 Å². The van der Waals surface area contributed by atoms with Crippen molar-refractivity contribution in [3.8, 4) is 0 Å². The summed E-state index contributed by atoms with van der Waals surface area (Å²) in [6.45, 7) is 2.84. The van der Waals surface area contributed by atoms with Crippen LogP contribution in [0.3, 0.4) is 0 Å². The topological polar surface area (TPSA) is 57.3 Å². The molecule has 1 aliphatic heterocycles. The molecule has 0 bridgehead atoms. The molecule has 2 heterocycles. The second-order valence-electron chi connectivity index (χ2n) is 6.48. The normalized spacial score (nSPS) is 14.1. The number of hydrogen-bond acceptors (Lipinski definition) is 3. The number of anilines is 1. The molecule has 1 fully saturated rings. The lowest BCUT2D eigenvalue weighted by Gasteiger charge is -2.29. The van der Waals surface area contributed by atoms with E-state index in [0.717, 1.165) is 24.5 Å². The van der Waals surface area contributed by atoms with Gasteiger partial charge in [0.2, 0.25) is 0 Å². The lowest BCUT2D eigenvalue weighted by atomic mass is 10.1. The summed E-state index contributed by atoms with van der Waals surface area (Å²) >= 11 is 0. The van der Waals surface area contributed by atoms with Crippen LogP contribution in [0.1, 0.15) is 30.4 Å². The standard InChI is InChI=1S/C20H25FN4O/c21-18-9-3-2-7-16(18)10-12-23-20(26)24-15-17-8-6-11-22-19(17)25-13-4-1-5-14-25/h2-3,6-9,11H,1,4-5,10,12-15H2,(H2,23,24,26).